The molecule has 0 aromatic heterocycles. The van der Waals surface area contributed by atoms with E-state index < -0.39 is 10.0 Å². The van der Waals surface area contributed by atoms with Crippen LogP contribution in [0, 0.1) is 5.92 Å². The van der Waals surface area contributed by atoms with Gasteiger partial charge in [0.05, 0.1) is 4.90 Å². The van der Waals surface area contributed by atoms with E-state index in [2.05, 4.69) is 4.72 Å². The van der Waals surface area contributed by atoms with Crippen LogP contribution in [-0.2, 0) is 14.8 Å². The molecule has 1 N–H and O–H groups in total. The summed E-state index contributed by atoms with van der Waals surface area (Å²) < 4.78 is 26.7. The number of amides is 2. The van der Waals surface area contributed by atoms with Crippen molar-refractivity contribution in [3.8, 4) is 0 Å². The fraction of sp³-hybridized carbons (Fsp3) is 0.579. The van der Waals surface area contributed by atoms with Crippen LogP contribution in [0.15, 0.2) is 29.2 Å². The summed E-state index contributed by atoms with van der Waals surface area (Å²) in [7, 11) is -3.60. The van der Waals surface area contributed by atoms with Gasteiger partial charge in [-0.25, -0.2) is 13.1 Å². The van der Waals surface area contributed by atoms with Gasteiger partial charge in [-0.2, -0.15) is 0 Å². The molecule has 27 heavy (non-hydrogen) atoms. The first kappa shape index (κ1) is 19.8. The van der Waals surface area contributed by atoms with Gasteiger partial charge >= 0.3 is 0 Å². The number of benzene rings is 1. The molecule has 1 saturated carbocycles. The van der Waals surface area contributed by atoms with Gasteiger partial charge in [0.1, 0.15) is 0 Å². The fourth-order valence-corrected chi connectivity index (χ4v) is 4.90. The maximum absolute atomic E-state index is 12.8. The van der Waals surface area contributed by atoms with Crippen LogP contribution in [0.5, 0.6) is 0 Å². The topological polar surface area (TPSA) is 86.8 Å². The third kappa shape index (κ3) is 4.50. The van der Waals surface area contributed by atoms with Gasteiger partial charge in [0.15, 0.2) is 0 Å². The van der Waals surface area contributed by atoms with Crippen molar-refractivity contribution in [2.75, 3.05) is 32.7 Å². The lowest BCUT2D eigenvalue weighted by Crippen LogP contribution is -2.51. The predicted molar refractivity (Wildman–Crippen MR) is 102 cm³/mol. The lowest BCUT2D eigenvalue weighted by molar-refractivity contribution is -0.136. The van der Waals surface area contributed by atoms with Crippen LogP contribution < -0.4 is 4.72 Å². The van der Waals surface area contributed by atoms with E-state index in [9.17, 15) is 18.0 Å². The van der Waals surface area contributed by atoms with E-state index >= 15 is 0 Å². The molecule has 0 spiro atoms. The summed E-state index contributed by atoms with van der Waals surface area (Å²) in [6.07, 6.45) is 4.21. The summed E-state index contributed by atoms with van der Waals surface area (Å²) in [6, 6.07) is 6.10. The minimum absolute atomic E-state index is 0.0882. The van der Waals surface area contributed by atoms with Crippen LogP contribution in [0.1, 0.15) is 43.0 Å². The molecule has 8 heteroatoms. The molecule has 2 amide bonds. The zero-order chi connectivity index (χ0) is 19.4. The zero-order valence-corrected chi connectivity index (χ0v) is 16.5. The summed E-state index contributed by atoms with van der Waals surface area (Å²) in [4.78, 5) is 28.9. The average Bonchev–Trinajstić information content (AvgIpc) is 3.22. The van der Waals surface area contributed by atoms with E-state index in [4.69, 9.17) is 0 Å². The smallest absolute Gasteiger partial charge is 0.254 e. The lowest BCUT2D eigenvalue weighted by atomic mass is 10.1. The monoisotopic (exact) mass is 393 g/mol. The Morgan fingerprint density at radius 2 is 1.70 bits per heavy atom. The Balaban J connectivity index is 1.63. The van der Waals surface area contributed by atoms with E-state index in [-0.39, 0.29) is 29.2 Å². The lowest BCUT2D eigenvalue weighted by Gasteiger charge is -2.36. The standard InChI is InChI=1S/C19H27N3O4S/c1-2-20-27(25,26)17-9-5-8-16(14-17)19(24)22-12-10-21(11-13-22)18(23)15-6-3-4-7-15/h5,8-9,14-15,20H,2-4,6-7,10-13H2,1H3. The molecule has 1 saturated heterocycles. The summed E-state index contributed by atoms with van der Waals surface area (Å²) in [5, 5.41) is 0. The van der Waals surface area contributed by atoms with E-state index in [1.54, 1.807) is 24.0 Å². The first-order chi connectivity index (χ1) is 12.9. The highest BCUT2D eigenvalue weighted by Gasteiger charge is 2.30. The van der Waals surface area contributed by atoms with Crippen LogP contribution in [-0.4, -0.2) is 62.8 Å². The largest absolute Gasteiger partial charge is 0.339 e. The van der Waals surface area contributed by atoms with Gasteiger partial charge in [-0.3, -0.25) is 9.59 Å². The maximum Gasteiger partial charge on any atom is 0.254 e. The fourth-order valence-electron chi connectivity index (χ4n) is 3.81. The molecule has 1 aliphatic heterocycles. The highest BCUT2D eigenvalue weighted by Crippen LogP contribution is 2.27. The second kappa shape index (κ2) is 8.39. The first-order valence-corrected chi connectivity index (χ1v) is 11.1. The molecule has 0 atom stereocenters. The van der Waals surface area contributed by atoms with Crippen molar-refractivity contribution < 1.29 is 18.0 Å². The van der Waals surface area contributed by atoms with Crippen molar-refractivity contribution in [3.05, 3.63) is 29.8 Å². The Labute approximate surface area is 160 Å². The van der Waals surface area contributed by atoms with Crippen molar-refractivity contribution in [2.45, 2.75) is 37.5 Å². The van der Waals surface area contributed by atoms with Crippen LogP contribution in [0.2, 0.25) is 0 Å². The molecule has 7 nitrogen and oxygen atoms in total. The van der Waals surface area contributed by atoms with Crippen molar-refractivity contribution in [2.24, 2.45) is 5.92 Å². The van der Waals surface area contributed by atoms with Crippen molar-refractivity contribution in [1.29, 1.82) is 0 Å². The molecule has 0 radical (unpaired) electrons. The van der Waals surface area contributed by atoms with E-state index in [1.165, 1.54) is 12.1 Å². The number of carbonyl (C=O) groups excluding carboxylic acids is 2. The second-order valence-electron chi connectivity index (χ2n) is 7.13. The normalized spacial score (nSPS) is 18.7. The molecule has 1 aliphatic carbocycles. The minimum atomic E-state index is -3.60. The Kier molecular flexibility index (Phi) is 6.16. The molecular formula is C19H27N3O4S. The molecule has 1 heterocycles. The number of nitrogens with one attached hydrogen (secondary N) is 1. The number of carbonyl (C=O) groups is 2. The van der Waals surface area contributed by atoms with E-state index in [0.29, 0.717) is 31.7 Å². The van der Waals surface area contributed by atoms with Crippen molar-refractivity contribution >= 4 is 21.8 Å². The Bertz CT molecular complexity index is 795. The van der Waals surface area contributed by atoms with Gasteiger partial charge in [-0.1, -0.05) is 25.8 Å². The summed E-state index contributed by atoms with van der Waals surface area (Å²) >= 11 is 0. The molecule has 148 valence electrons. The number of nitrogens with zero attached hydrogens (tertiary/aromatic N) is 2. The van der Waals surface area contributed by atoms with Gasteiger partial charge in [-0.15, -0.1) is 0 Å². The van der Waals surface area contributed by atoms with Crippen molar-refractivity contribution in [3.63, 3.8) is 0 Å². The third-order valence-electron chi connectivity index (χ3n) is 5.31. The van der Waals surface area contributed by atoms with Crippen LogP contribution in [0.25, 0.3) is 0 Å². The van der Waals surface area contributed by atoms with Crippen LogP contribution in [0.3, 0.4) is 0 Å². The second-order valence-corrected chi connectivity index (χ2v) is 8.89. The summed E-state index contributed by atoms with van der Waals surface area (Å²) in [6.45, 7) is 4.02. The van der Waals surface area contributed by atoms with Crippen LogP contribution in [0.4, 0.5) is 0 Å². The van der Waals surface area contributed by atoms with Crippen LogP contribution >= 0.6 is 0 Å². The number of piperazine rings is 1. The maximum atomic E-state index is 12.8. The first-order valence-electron chi connectivity index (χ1n) is 9.60. The molecule has 2 fully saturated rings. The number of hydrogen-bond donors (Lipinski definition) is 1. The van der Waals surface area contributed by atoms with Gasteiger partial charge < -0.3 is 9.80 Å². The molecular weight excluding hydrogens is 366 g/mol. The van der Waals surface area contributed by atoms with Gasteiger partial charge in [0.25, 0.3) is 5.91 Å². The molecule has 1 aromatic carbocycles. The highest BCUT2D eigenvalue weighted by atomic mass is 32.2. The number of sulfonamides is 1. The quantitative estimate of drug-likeness (QED) is 0.821. The molecule has 1 aromatic rings. The minimum Gasteiger partial charge on any atom is -0.339 e. The van der Waals surface area contributed by atoms with E-state index in [1.807, 2.05) is 4.90 Å². The SMILES string of the molecule is CCNS(=O)(=O)c1cccc(C(=O)N2CCN(C(=O)C3CCCC3)CC2)c1. The molecule has 3 rings (SSSR count). The third-order valence-corrected chi connectivity index (χ3v) is 6.85. The van der Waals surface area contributed by atoms with Crippen molar-refractivity contribution in [1.82, 2.24) is 14.5 Å². The average molecular weight is 394 g/mol. The Hall–Kier alpha value is -1.93. The van der Waals surface area contributed by atoms with Gasteiger partial charge in [0.2, 0.25) is 15.9 Å². The predicted octanol–water partition coefficient (Wildman–Crippen LogP) is 1.46. The molecule has 0 unspecified atom stereocenters. The van der Waals surface area contributed by atoms with Gasteiger partial charge in [-0.05, 0) is 31.0 Å². The Morgan fingerprint density at radius 1 is 1.07 bits per heavy atom. The Morgan fingerprint density at radius 3 is 2.33 bits per heavy atom. The highest BCUT2D eigenvalue weighted by molar-refractivity contribution is 7.89. The van der Waals surface area contributed by atoms with Gasteiger partial charge in [0, 0.05) is 44.2 Å². The zero-order valence-electron chi connectivity index (χ0n) is 15.7. The number of rotatable bonds is 5. The summed E-state index contributed by atoms with van der Waals surface area (Å²) in [5.41, 5.74) is 0.351. The number of hydrogen-bond acceptors (Lipinski definition) is 4. The molecule has 2 aliphatic rings. The van der Waals surface area contributed by atoms with E-state index in [0.717, 1.165) is 25.7 Å². The summed E-state index contributed by atoms with van der Waals surface area (Å²) in [5.74, 6) is 0.176. The molecule has 0 bridgehead atoms.